The maximum absolute atomic E-state index is 12.0. The average Bonchev–Trinajstić information content (AvgIpc) is 2.28. The molecule has 1 amide bonds. The van der Waals surface area contributed by atoms with E-state index in [-0.39, 0.29) is 12.4 Å². The number of rotatable bonds is 5. The maximum Gasteiger partial charge on any atom is 0.245 e. The van der Waals surface area contributed by atoms with Gasteiger partial charge in [-0.1, -0.05) is 12.1 Å². The molecule has 7 heteroatoms. The fourth-order valence-electron chi connectivity index (χ4n) is 1.41. The van der Waals surface area contributed by atoms with Gasteiger partial charge in [-0.15, -0.1) is 12.4 Å². The number of nitrogens with one attached hydrogen (secondary N) is 2. The van der Waals surface area contributed by atoms with Crippen LogP contribution in [-0.4, -0.2) is 32.4 Å². The molecule has 0 heterocycles. The smallest absolute Gasteiger partial charge is 0.245 e. The van der Waals surface area contributed by atoms with Crippen LogP contribution >= 0.6 is 12.4 Å². The molecule has 0 saturated carbocycles. The molecule has 0 spiro atoms. The Morgan fingerprint density at radius 2 is 1.90 bits per heavy atom. The molecule has 0 radical (unpaired) electrons. The molecule has 0 aliphatic heterocycles. The van der Waals surface area contributed by atoms with Crippen molar-refractivity contribution in [2.45, 2.75) is 25.1 Å². The Labute approximate surface area is 126 Å². The van der Waals surface area contributed by atoms with Crippen molar-refractivity contribution in [2.24, 2.45) is 0 Å². The third kappa shape index (κ3) is 4.47. The van der Waals surface area contributed by atoms with Gasteiger partial charge in [0.1, 0.15) is 4.75 Å². The van der Waals surface area contributed by atoms with Crippen LogP contribution in [0, 0.1) is 0 Å². The van der Waals surface area contributed by atoms with E-state index in [1.54, 1.807) is 6.07 Å². The molecule has 2 N–H and O–H groups in total. The van der Waals surface area contributed by atoms with Crippen LogP contribution in [0.1, 0.15) is 19.4 Å². The Morgan fingerprint density at radius 3 is 2.40 bits per heavy atom. The van der Waals surface area contributed by atoms with Crippen LogP contribution in [0.5, 0.6) is 0 Å². The molecule has 0 bridgehead atoms. The van der Waals surface area contributed by atoms with Gasteiger partial charge in [-0.3, -0.25) is 4.79 Å². The summed E-state index contributed by atoms with van der Waals surface area (Å²) in [5, 5.41) is 5.65. The number of hydrogen-bond acceptors (Lipinski definition) is 4. The second kappa shape index (κ2) is 7.06. The lowest BCUT2D eigenvalue weighted by Gasteiger charge is -2.21. The number of halogens is 1. The lowest BCUT2D eigenvalue weighted by Crippen LogP contribution is -2.43. The molecule has 1 aromatic rings. The van der Waals surface area contributed by atoms with E-state index in [1.807, 2.05) is 25.2 Å². The van der Waals surface area contributed by atoms with E-state index in [2.05, 4.69) is 10.6 Å². The Balaban J connectivity index is 0.00000361. The second-order valence-corrected chi connectivity index (χ2v) is 7.53. The molecule has 0 saturated heterocycles. The van der Waals surface area contributed by atoms with E-state index in [1.165, 1.54) is 13.8 Å². The standard InChI is InChI=1S/C13H20N2O3S.ClH/c1-13(2,19(4,17)18)12(16)15-11-7-5-6-10(8-11)9-14-3;/h5-8,14H,9H2,1-4H3,(H,15,16);1H. The molecular formula is C13H21ClN2O3S. The fraction of sp³-hybridized carbons (Fsp3) is 0.462. The van der Waals surface area contributed by atoms with Crippen molar-refractivity contribution < 1.29 is 13.2 Å². The summed E-state index contributed by atoms with van der Waals surface area (Å²) in [6, 6.07) is 7.28. The van der Waals surface area contributed by atoms with Gasteiger partial charge in [-0.2, -0.15) is 0 Å². The van der Waals surface area contributed by atoms with E-state index in [0.717, 1.165) is 11.8 Å². The van der Waals surface area contributed by atoms with E-state index in [9.17, 15) is 13.2 Å². The average molecular weight is 321 g/mol. The summed E-state index contributed by atoms with van der Waals surface area (Å²) in [4.78, 5) is 12.0. The first-order valence-electron chi connectivity index (χ1n) is 5.93. The predicted octanol–water partition coefficient (Wildman–Crippen LogP) is 1.59. The van der Waals surface area contributed by atoms with Crippen molar-refractivity contribution >= 4 is 33.8 Å². The minimum absolute atomic E-state index is 0. The largest absolute Gasteiger partial charge is 0.325 e. The van der Waals surface area contributed by atoms with Gasteiger partial charge in [-0.25, -0.2) is 8.42 Å². The van der Waals surface area contributed by atoms with Crippen molar-refractivity contribution in [3.63, 3.8) is 0 Å². The van der Waals surface area contributed by atoms with E-state index < -0.39 is 20.5 Å². The third-order valence-corrected chi connectivity index (χ3v) is 5.08. The predicted molar refractivity (Wildman–Crippen MR) is 84.0 cm³/mol. The van der Waals surface area contributed by atoms with Crippen LogP contribution in [0.2, 0.25) is 0 Å². The Morgan fingerprint density at radius 1 is 1.30 bits per heavy atom. The number of anilines is 1. The van der Waals surface area contributed by atoms with Gasteiger partial charge in [0.25, 0.3) is 0 Å². The monoisotopic (exact) mass is 320 g/mol. The van der Waals surface area contributed by atoms with Gasteiger partial charge in [0, 0.05) is 18.5 Å². The normalized spacial score (nSPS) is 11.6. The van der Waals surface area contributed by atoms with E-state index in [0.29, 0.717) is 12.2 Å². The molecule has 0 unspecified atom stereocenters. The summed E-state index contributed by atoms with van der Waals surface area (Å²) in [6.07, 6.45) is 1.06. The summed E-state index contributed by atoms with van der Waals surface area (Å²) < 4.78 is 21.7. The summed E-state index contributed by atoms with van der Waals surface area (Å²) in [5.41, 5.74) is 1.60. The maximum atomic E-state index is 12.0. The van der Waals surface area contributed by atoms with Crippen LogP contribution in [0.25, 0.3) is 0 Å². The molecule has 0 atom stereocenters. The zero-order valence-electron chi connectivity index (χ0n) is 12.1. The minimum Gasteiger partial charge on any atom is -0.325 e. The molecule has 114 valence electrons. The molecular weight excluding hydrogens is 300 g/mol. The molecule has 5 nitrogen and oxygen atoms in total. The fourth-order valence-corrected chi connectivity index (χ4v) is 1.80. The SMILES string of the molecule is CNCc1cccc(NC(=O)C(C)(C)S(C)(=O)=O)c1.Cl. The molecule has 20 heavy (non-hydrogen) atoms. The lowest BCUT2D eigenvalue weighted by atomic mass is 10.1. The van der Waals surface area contributed by atoms with Gasteiger partial charge in [-0.05, 0) is 38.6 Å². The van der Waals surface area contributed by atoms with E-state index >= 15 is 0 Å². The van der Waals surface area contributed by atoms with Crippen molar-refractivity contribution in [2.75, 3.05) is 18.6 Å². The highest BCUT2D eigenvalue weighted by molar-refractivity contribution is 7.92. The Hall–Kier alpha value is -1.11. The molecule has 0 aliphatic rings. The number of amides is 1. The zero-order valence-corrected chi connectivity index (χ0v) is 13.7. The van der Waals surface area contributed by atoms with Gasteiger partial charge >= 0.3 is 0 Å². The first kappa shape index (κ1) is 18.9. The Bertz CT molecular complexity index is 571. The minimum atomic E-state index is -3.47. The van der Waals surface area contributed by atoms with Crippen molar-refractivity contribution in [1.82, 2.24) is 5.32 Å². The van der Waals surface area contributed by atoms with Crippen LogP contribution < -0.4 is 10.6 Å². The number of hydrogen-bond donors (Lipinski definition) is 2. The summed E-state index contributed by atoms with van der Waals surface area (Å²) in [5.74, 6) is -0.531. The summed E-state index contributed by atoms with van der Waals surface area (Å²) in [6.45, 7) is 3.48. The van der Waals surface area contributed by atoms with Crippen LogP contribution in [0.3, 0.4) is 0 Å². The topological polar surface area (TPSA) is 75.3 Å². The quantitative estimate of drug-likeness (QED) is 0.864. The number of sulfone groups is 1. The number of carbonyl (C=O) groups excluding carboxylic acids is 1. The van der Waals surface area contributed by atoms with Crippen LogP contribution in [0.4, 0.5) is 5.69 Å². The first-order chi connectivity index (χ1) is 8.68. The van der Waals surface area contributed by atoms with Crippen molar-refractivity contribution in [3.8, 4) is 0 Å². The number of carbonyl (C=O) groups is 1. The van der Waals surface area contributed by atoms with Gasteiger partial charge in [0.15, 0.2) is 9.84 Å². The highest BCUT2D eigenvalue weighted by Gasteiger charge is 2.38. The van der Waals surface area contributed by atoms with E-state index in [4.69, 9.17) is 0 Å². The van der Waals surface area contributed by atoms with Gasteiger partial charge in [0.2, 0.25) is 5.91 Å². The molecule has 1 aromatic carbocycles. The highest BCUT2D eigenvalue weighted by atomic mass is 35.5. The van der Waals surface area contributed by atoms with Gasteiger partial charge in [0.05, 0.1) is 0 Å². The molecule has 0 aliphatic carbocycles. The van der Waals surface area contributed by atoms with Crippen molar-refractivity contribution in [1.29, 1.82) is 0 Å². The molecule has 1 rings (SSSR count). The van der Waals surface area contributed by atoms with Crippen molar-refractivity contribution in [3.05, 3.63) is 29.8 Å². The zero-order chi connectivity index (χ0) is 14.7. The number of benzene rings is 1. The summed E-state index contributed by atoms with van der Waals surface area (Å²) >= 11 is 0. The molecule has 0 aromatic heterocycles. The second-order valence-electron chi connectivity index (χ2n) is 4.97. The van der Waals surface area contributed by atoms with Crippen LogP contribution in [0.15, 0.2) is 24.3 Å². The first-order valence-corrected chi connectivity index (χ1v) is 7.82. The third-order valence-electron chi connectivity index (χ3n) is 3.04. The highest BCUT2D eigenvalue weighted by Crippen LogP contribution is 2.19. The Kier molecular flexibility index (Phi) is 6.67. The molecule has 0 fully saturated rings. The van der Waals surface area contributed by atoms with Crippen LogP contribution in [-0.2, 0) is 21.2 Å². The lowest BCUT2D eigenvalue weighted by molar-refractivity contribution is -0.117. The summed E-state index contributed by atoms with van der Waals surface area (Å²) in [7, 11) is -1.64. The van der Waals surface area contributed by atoms with Gasteiger partial charge < -0.3 is 10.6 Å².